The SMILES string of the molecule is COc1ccc(N2CCCn3c2nc2c3c(=O)n(C)c(=O)n2C)cc1. The molecule has 0 amide bonds. The van der Waals surface area contributed by atoms with Crippen LogP contribution in [0.25, 0.3) is 11.2 Å². The van der Waals surface area contributed by atoms with Crippen LogP contribution in [0.5, 0.6) is 5.75 Å². The molecule has 1 aliphatic heterocycles. The van der Waals surface area contributed by atoms with Gasteiger partial charge in [0, 0.05) is 32.9 Å². The first-order chi connectivity index (χ1) is 12.0. The maximum atomic E-state index is 12.6. The van der Waals surface area contributed by atoms with Gasteiger partial charge in [-0.1, -0.05) is 0 Å². The smallest absolute Gasteiger partial charge is 0.332 e. The third kappa shape index (κ3) is 2.17. The second kappa shape index (κ2) is 5.51. The number of ether oxygens (including phenoxy) is 1. The van der Waals surface area contributed by atoms with E-state index in [-0.39, 0.29) is 11.2 Å². The van der Waals surface area contributed by atoms with Crippen molar-refractivity contribution in [1.82, 2.24) is 18.7 Å². The molecule has 0 aliphatic carbocycles. The van der Waals surface area contributed by atoms with Gasteiger partial charge in [0.1, 0.15) is 5.75 Å². The molecule has 0 radical (unpaired) electrons. The summed E-state index contributed by atoms with van der Waals surface area (Å²) in [6, 6.07) is 7.72. The van der Waals surface area contributed by atoms with Gasteiger partial charge < -0.3 is 14.2 Å². The van der Waals surface area contributed by atoms with Crippen LogP contribution in [0.3, 0.4) is 0 Å². The minimum absolute atomic E-state index is 0.312. The predicted octanol–water partition coefficient (Wildman–Crippen LogP) is 0.984. The van der Waals surface area contributed by atoms with E-state index in [0.29, 0.717) is 23.7 Å². The summed E-state index contributed by atoms with van der Waals surface area (Å²) in [4.78, 5) is 31.5. The van der Waals surface area contributed by atoms with E-state index in [0.717, 1.165) is 29.0 Å². The maximum Gasteiger partial charge on any atom is 0.332 e. The number of fused-ring (bicyclic) bond motifs is 3. The van der Waals surface area contributed by atoms with Crippen LogP contribution in [0.15, 0.2) is 33.9 Å². The normalized spacial score (nSPS) is 14.0. The Morgan fingerprint density at radius 2 is 1.76 bits per heavy atom. The molecule has 0 bridgehead atoms. The predicted molar refractivity (Wildman–Crippen MR) is 94.8 cm³/mol. The van der Waals surface area contributed by atoms with Gasteiger partial charge in [0.05, 0.1) is 7.11 Å². The highest BCUT2D eigenvalue weighted by Gasteiger charge is 2.26. The molecule has 0 atom stereocenters. The van der Waals surface area contributed by atoms with E-state index in [4.69, 9.17) is 4.74 Å². The summed E-state index contributed by atoms with van der Waals surface area (Å²) < 4.78 is 9.67. The minimum Gasteiger partial charge on any atom is -0.497 e. The Kier molecular flexibility index (Phi) is 3.41. The molecule has 2 aromatic heterocycles. The number of aromatic nitrogens is 4. The monoisotopic (exact) mass is 341 g/mol. The highest BCUT2D eigenvalue weighted by atomic mass is 16.5. The Labute approximate surface area is 143 Å². The lowest BCUT2D eigenvalue weighted by Gasteiger charge is -2.29. The van der Waals surface area contributed by atoms with Gasteiger partial charge in [-0.25, -0.2) is 4.79 Å². The molecule has 4 rings (SSSR count). The van der Waals surface area contributed by atoms with Crippen LogP contribution in [0, 0.1) is 0 Å². The van der Waals surface area contributed by atoms with Crippen LogP contribution >= 0.6 is 0 Å². The first-order valence-electron chi connectivity index (χ1n) is 8.10. The fraction of sp³-hybridized carbons (Fsp3) is 0.353. The summed E-state index contributed by atoms with van der Waals surface area (Å²) in [5.74, 6) is 1.47. The third-order valence-corrected chi connectivity index (χ3v) is 4.72. The van der Waals surface area contributed by atoms with Crippen LogP contribution in [0.4, 0.5) is 11.6 Å². The first-order valence-corrected chi connectivity index (χ1v) is 8.10. The molecule has 8 nitrogen and oxygen atoms in total. The zero-order valence-corrected chi connectivity index (χ0v) is 14.4. The van der Waals surface area contributed by atoms with Crippen molar-refractivity contribution in [2.75, 3.05) is 18.6 Å². The van der Waals surface area contributed by atoms with Crippen molar-refractivity contribution < 1.29 is 4.74 Å². The van der Waals surface area contributed by atoms with Gasteiger partial charge in [0.15, 0.2) is 11.2 Å². The highest BCUT2D eigenvalue weighted by molar-refractivity contribution is 5.77. The van der Waals surface area contributed by atoms with Crippen molar-refractivity contribution in [3.05, 3.63) is 45.1 Å². The molecule has 3 aromatic rings. The van der Waals surface area contributed by atoms with Gasteiger partial charge in [0.25, 0.3) is 5.56 Å². The van der Waals surface area contributed by atoms with E-state index in [1.807, 2.05) is 28.8 Å². The molecule has 0 N–H and O–H groups in total. The van der Waals surface area contributed by atoms with E-state index in [2.05, 4.69) is 9.88 Å². The number of methoxy groups -OCH3 is 1. The molecule has 25 heavy (non-hydrogen) atoms. The van der Waals surface area contributed by atoms with E-state index >= 15 is 0 Å². The molecule has 0 unspecified atom stereocenters. The molecule has 3 heterocycles. The van der Waals surface area contributed by atoms with Crippen LogP contribution < -0.4 is 20.9 Å². The first kappa shape index (κ1) is 15.5. The van der Waals surface area contributed by atoms with E-state index in [1.165, 1.54) is 11.6 Å². The number of hydrogen-bond donors (Lipinski definition) is 0. The summed E-state index contributed by atoms with van der Waals surface area (Å²) >= 11 is 0. The fourth-order valence-electron chi connectivity index (χ4n) is 3.35. The molecule has 0 spiro atoms. The third-order valence-electron chi connectivity index (χ3n) is 4.72. The average Bonchev–Trinajstić information content (AvgIpc) is 3.04. The van der Waals surface area contributed by atoms with E-state index < -0.39 is 0 Å². The lowest BCUT2D eigenvalue weighted by Crippen LogP contribution is -2.38. The second-order valence-electron chi connectivity index (χ2n) is 6.14. The number of benzene rings is 1. The largest absolute Gasteiger partial charge is 0.497 e. The molecule has 130 valence electrons. The van der Waals surface area contributed by atoms with Gasteiger partial charge in [-0.3, -0.25) is 13.9 Å². The quantitative estimate of drug-likeness (QED) is 0.695. The van der Waals surface area contributed by atoms with Crippen molar-refractivity contribution in [3.8, 4) is 5.75 Å². The number of imidazole rings is 1. The highest BCUT2D eigenvalue weighted by Crippen LogP contribution is 2.31. The molecule has 8 heteroatoms. The van der Waals surface area contributed by atoms with Crippen molar-refractivity contribution in [2.45, 2.75) is 13.0 Å². The van der Waals surface area contributed by atoms with Gasteiger partial charge in [0.2, 0.25) is 5.95 Å². The Morgan fingerprint density at radius 3 is 2.44 bits per heavy atom. The minimum atomic E-state index is -0.371. The fourth-order valence-corrected chi connectivity index (χ4v) is 3.35. The number of hydrogen-bond acceptors (Lipinski definition) is 5. The van der Waals surface area contributed by atoms with Gasteiger partial charge in [-0.2, -0.15) is 4.98 Å². The van der Waals surface area contributed by atoms with Crippen LogP contribution in [0.1, 0.15) is 6.42 Å². The van der Waals surface area contributed by atoms with Gasteiger partial charge in [-0.15, -0.1) is 0 Å². The zero-order valence-electron chi connectivity index (χ0n) is 14.4. The lowest BCUT2D eigenvalue weighted by atomic mass is 10.2. The Balaban J connectivity index is 1.95. The maximum absolute atomic E-state index is 12.6. The molecule has 1 aromatic carbocycles. The summed E-state index contributed by atoms with van der Waals surface area (Å²) in [6.45, 7) is 1.50. The van der Waals surface area contributed by atoms with Gasteiger partial charge in [-0.05, 0) is 30.7 Å². The summed E-state index contributed by atoms with van der Waals surface area (Å²) in [5, 5.41) is 0. The molecular weight excluding hydrogens is 322 g/mol. The second-order valence-corrected chi connectivity index (χ2v) is 6.14. The average molecular weight is 341 g/mol. The van der Waals surface area contributed by atoms with E-state index in [1.54, 1.807) is 14.2 Å². The Morgan fingerprint density at radius 1 is 1.04 bits per heavy atom. The molecular formula is C17H19N5O3. The topological polar surface area (TPSA) is 74.3 Å². The van der Waals surface area contributed by atoms with Crippen molar-refractivity contribution in [2.24, 2.45) is 14.1 Å². The van der Waals surface area contributed by atoms with Gasteiger partial charge >= 0.3 is 5.69 Å². The van der Waals surface area contributed by atoms with Crippen molar-refractivity contribution >= 4 is 22.8 Å². The molecule has 0 saturated carbocycles. The summed E-state index contributed by atoms with van der Waals surface area (Å²) in [5.41, 5.74) is 1.18. The molecule has 0 saturated heterocycles. The lowest BCUT2D eigenvalue weighted by molar-refractivity contribution is 0.415. The standard InChI is InChI=1S/C17H19N5O3/c1-19-14-13(15(23)20(2)17(19)24)22-10-4-9-21(16(22)18-14)11-5-7-12(25-3)8-6-11/h5-8H,4,9-10H2,1-3H3. The Hall–Kier alpha value is -3.03. The van der Waals surface area contributed by atoms with Crippen LogP contribution in [-0.2, 0) is 20.6 Å². The number of aryl methyl sites for hydroxylation is 2. The molecule has 0 fully saturated rings. The number of anilines is 2. The molecule has 1 aliphatic rings. The number of nitrogens with zero attached hydrogens (tertiary/aromatic N) is 5. The van der Waals surface area contributed by atoms with Crippen molar-refractivity contribution in [1.29, 1.82) is 0 Å². The number of rotatable bonds is 2. The zero-order chi connectivity index (χ0) is 17.7. The summed E-state index contributed by atoms with van der Waals surface area (Å²) in [7, 11) is 4.76. The summed E-state index contributed by atoms with van der Waals surface area (Å²) in [6.07, 6.45) is 0.885. The van der Waals surface area contributed by atoms with E-state index in [9.17, 15) is 9.59 Å². The van der Waals surface area contributed by atoms with Crippen molar-refractivity contribution in [3.63, 3.8) is 0 Å². The Bertz CT molecular complexity index is 1070. The van der Waals surface area contributed by atoms with Crippen LogP contribution in [0.2, 0.25) is 0 Å². The van der Waals surface area contributed by atoms with Crippen LogP contribution in [-0.4, -0.2) is 32.3 Å².